The van der Waals surface area contributed by atoms with Gasteiger partial charge in [-0.25, -0.2) is 0 Å². The number of nitrogens with zero attached hydrogens (tertiary/aromatic N) is 2. The Kier molecular flexibility index (Phi) is 7.40. The van der Waals surface area contributed by atoms with Gasteiger partial charge in [0, 0.05) is 13.1 Å². The maximum Gasteiger partial charge on any atom is 0.271 e. The molecule has 0 saturated heterocycles. The maximum atomic E-state index is 12.0. The molecule has 0 spiro atoms. The van der Waals surface area contributed by atoms with Gasteiger partial charge in [-0.15, -0.1) is 0 Å². The molecular weight excluding hydrogens is 260 g/mol. The molecule has 0 radical (unpaired) electrons. The van der Waals surface area contributed by atoms with E-state index in [-0.39, 0.29) is 5.91 Å². The third-order valence-electron chi connectivity index (χ3n) is 2.94. The van der Waals surface area contributed by atoms with Crippen LogP contribution < -0.4 is 11.1 Å². The molecule has 1 aromatic rings. The first-order chi connectivity index (χ1) is 9.20. The third kappa shape index (κ3) is 5.14. The van der Waals surface area contributed by atoms with Crippen molar-refractivity contribution in [3.8, 4) is 0 Å². The zero-order chi connectivity index (χ0) is 14.1. The van der Waals surface area contributed by atoms with E-state index in [0.717, 1.165) is 12.8 Å². The standard InChI is InChI=1S/C13H24N4OS/c1-3-17-12(11(14)10-16-17)13(18)15-8-6-4-5-7-9-19-2/h10H,3-9,14H2,1-2H3,(H,15,18). The predicted molar refractivity (Wildman–Crippen MR) is 81.5 cm³/mol. The average molecular weight is 284 g/mol. The monoisotopic (exact) mass is 284 g/mol. The predicted octanol–water partition coefficient (Wildman–Crippen LogP) is 2.14. The Morgan fingerprint density at radius 1 is 1.42 bits per heavy atom. The number of unbranched alkanes of at least 4 members (excludes halogenated alkanes) is 3. The lowest BCUT2D eigenvalue weighted by Gasteiger charge is -2.07. The van der Waals surface area contributed by atoms with Gasteiger partial charge in [0.05, 0.1) is 11.9 Å². The van der Waals surface area contributed by atoms with E-state index in [1.165, 1.54) is 24.8 Å². The molecule has 1 rings (SSSR count). The molecule has 0 bridgehead atoms. The van der Waals surface area contributed by atoms with Crippen LogP contribution in [0, 0.1) is 0 Å². The van der Waals surface area contributed by atoms with Crippen LogP contribution in [-0.2, 0) is 6.54 Å². The number of aryl methyl sites for hydroxylation is 1. The molecule has 0 aliphatic rings. The van der Waals surface area contributed by atoms with Crippen LogP contribution in [0.25, 0.3) is 0 Å². The van der Waals surface area contributed by atoms with Crippen molar-refractivity contribution in [1.82, 2.24) is 15.1 Å². The van der Waals surface area contributed by atoms with Gasteiger partial charge in [-0.2, -0.15) is 16.9 Å². The molecule has 0 atom stereocenters. The Bertz CT molecular complexity index is 392. The summed E-state index contributed by atoms with van der Waals surface area (Å²) in [7, 11) is 0. The van der Waals surface area contributed by atoms with E-state index in [9.17, 15) is 4.79 Å². The van der Waals surface area contributed by atoms with Crippen molar-refractivity contribution in [3.05, 3.63) is 11.9 Å². The lowest BCUT2D eigenvalue weighted by Crippen LogP contribution is -2.27. The fraction of sp³-hybridized carbons (Fsp3) is 0.692. The summed E-state index contributed by atoms with van der Waals surface area (Å²) in [5.41, 5.74) is 6.68. The smallest absolute Gasteiger partial charge is 0.271 e. The summed E-state index contributed by atoms with van der Waals surface area (Å²) in [6, 6.07) is 0. The molecule has 0 aromatic carbocycles. The summed E-state index contributed by atoms with van der Waals surface area (Å²) in [4.78, 5) is 12.0. The van der Waals surface area contributed by atoms with Crippen molar-refractivity contribution in [3.63, 3.8) is 0 Å². The summed E-state index contributed by atoms with van der Waals surface area (Å²) in [5, 5.41) is 6.97. The first-order valence-corrected chi connectivity index (χ1v) is 8.18. The highest BCUT2D eigenvalue weighted by Gasteiger charge is 2.15. The van der Waals surface area contributed by atoms with E-state index in [0.29, 0.717) is 24.5 Å². The van der Waals surface area contributed by atoms with Gasteiger partial charge in [-0.05, 0) is 31.8 Å². The van der Waals surface area contributed by atoms with Crippen molar-refractivity contribution in [2.45, 2.75) is 39.2 Å². The molecule has 6 heteroatoms. The second kappa shape index (κ2) is 8.85. The normalized spacial score (nSPS) is 10.6. The van der Waals surface area contributed by atoms with E-state index in [2.05, 4.69) is 16.7 Å². The number of hydrogen-bond donors (Lipinski definition) is 2. The number of nitrogen functional groups attached to an aromatic ring is 1. The number of thioether (sulfide) groups is 1. The van der Waals surface area contributed by atoms with Gasteiger partial charge >= 0.3 is 0 Å². The topological polar surface area (TPSA) is 72.9 Å². The maximum absolute atomic E-state index is 12.0. The van der Waals surface area contributed by atoms with Crippen molar-refractivity contribution in [1.29, 1.82) is 0 Å². The Balaban J connectivity index is 2.26. The number of nitrogens with one attached hydrogen (secondary N) is 1. The molecule has 0 saturated carbocycles. The van der Waals surface area contributed by atoms with E-state index < -0.39 is 0 Å². The molecule has 0 aliphatic heterocycles. The minimum atomic E-state index is -0.124. The summed E-state index contributed by atoms with van der Waals surface area (Å²) >= 11 is 1.88. The summed E-state index contributed by atoms with van der Waals surface area (Å²) in [5.74, 6) is 1.10. The molecule has 1 amide bonds. The zero-order valence-corrected chi connectivity index (χ0v) is 12.6. The van der Waals surface area contributed by atoms with Crippen LogP contribution >= 0.6 is 11.8 Å². The number of hydrogen-bond acceptors (Lipinski definition) is 4. The van der Waals surface area contributed by atoms with Gasteiger partial charge in [0.15, 0.2) is 0 Å². The van der Waals surface area contributed by atoms with Crippen molar-refractivity contribution < 1.29 is 4.79 Å². The fourth-order valence-electron chi connectivity index (χ4n) is 1.90. The molecule has 1 heterocycles. The van der Waals surface area contributed by atoms with Gasteiger partial charge in [0.25, 0.3) is 5.91 Å². The lowest BCUT2D eigenvalue weighted by molar-refractivity contribution is 0.0943. The highest BCUT2D eigenvalue weighted by atomic mass is 32.2. The van der Waals surface area contributed by atoms with Crippen molar-refractivity contribution >= 4 is 23.4 Å². The molecule has 5 nitrogen and oxygen atoms in total. The number of aromatic nitrogens is 2. The van der Waals surface area contributed by atoms with Crippen LogP contribution in [0.4, 0.5) is 5.69 Å². The first kappa shape index (κ1) is 15.9. The second-order valence-corrected chi connectivity index (χ2v) is 5.41. The molecule has 3 N–H and O–H groups in total. The number of carbonyl (C=O) groups is 1. The SMILES string of the molecule is CCn1ncc(N)c1C(=O)NCCCCCCSC. The largest absolute Gasteiger partial charge is 0.396 e. The van der Waals surface area contributed by atoms with Gasteiger partial charge in [0.1, 0.15) is 5.69 Å². The zero-order valence-electron chi connectivity index (χ0n) is 11.8. The van der Waals surface area contributed by atoms with Gasteiger partial charge in [-0.1, -0.05) is 12.8 Å². The Morgan fingerprint density at radius 3 is 2.84 bits per heavy atom. The molecule has 0 fully saturated rings. The van der Waals surface area contributed by atoms with Gasteiger partial charge in [-0.3, -0.25) is 9.48 Å². The molecule has 19 heavy (non-hydrogen) atoms. The van der Waals surface area contributed by atoms with Crippen LogP contribution in [0.1, 0.15) is 43.1 Å². The number of carbonyl (C=O) groups excluding carboxylic acids is 1. The van der Waals surface area contributed by atoms with Crippen molar-refractivity contribution in [2.75, 3.05) is 24.3 Å². The summed E-state index contributed by atoms with van der Waals surface area (Å²) in [6.07, 6.45) is 8.31. The van der Waals surface area contributed by atoms with Crippen LogP contribution in [0.2, 0.25) is 0 Å². The van der Waals surface area contributed by atoms with Gasteiger partial charge < -0.3 is 11.1 Å². The van der Waals surface area contributed by atoms with Crippen molar-refractivity contribution in [2.24, 2.45) is 0 Å². The number of rotatable bonds is 9. The van der Waals surface area contributed by atoms with Crippen LogP contribution in [0.5, 0.6) is 0 Å². The number of nitrogens with two attached hydrogens (primary N) is 1. The second-order valence-electron chi connectivity index (χ2n) is 4.43. The fourth-order valence-corrected chi connectivity index (χ4v) is 2.39. The average Bonchev–Trinajstić information content (AvgIpc) is 2.78. The highest BCUT2D eigenvalue weighted by Crippen LogP contribution is 2.10. The molecule has 0 unspecified atom stereocenters. The van der Waals surface area contributed by atoms with Crippen LogP contribution in [-0.4, -0.2) is 34.2 Å². The Hall–Kier alpha value is -1.17. The van der Waals surface area contributed by atoms with E-state index in [1.54, 1.807) is 4.68 Å². The molecule has 1 aromatic heterocycles. The Labute approximate surface area is 119 Å². The van der Waals surface area contributed by atoms with Gasteiger partial charge in [0.2, 0.25) is 0 Å². The molecule has 108 valence electrons. The Morgan fingerprint density at radius 2 is 2.16 bits per heavy atom. The minimum Gasteiger partial charge on any atom is -0.396 e. The highest BCUT2D eigenvalue weighted by molar-refractivity contribution is 7.98. The summed E-state index contributed by atoms with van der Waals surface area (Å²) < 4.78 is 1.63. The van der Waals surface area contributed by atoms with E-state index in [1.807, 2.05) is 18.7 Å². The first-order valence-electron chi connectivity index (χ1n) is 6.79. The third-order valence-corrected chi connectivity index (χ3v) is 3.64. The van der Waals surface area contributed by atoms with E-state index >= 15 is 0 Å². The quantitative estimate of drug-likeness (QED) is 0.681. The molecular formula is C13H24N4OS. The minimum absolute atomic E-state index is 0.124. The van der Waals surface area contributed by atoms with Crippen LogP contribution in [0.3, 0.4) is 0 Å². The molecule has 0 aliphatic carbocycles. The van der Waals surface area contributed by atoms with E-state index in [4.69, 9.17) is 5.73 Å². The van der Waals surface area contributed by atoms with Crippen LogP contribution in [0.15, 0.2) is 6.20 Å². The summed E-state index contributed by atoms with van der Waals surface area (Å²) in [6.45, 7) is 3.29. The number of amides is 1. The lowest BCUT2D eigenvalue weighted by atomic mass is 10.2. The number of anilines is 1.